The summed E-state index contributed by atoms with van der Waals surface area (Å²) in [4.78, 5) is -0.426. The number of anilines is 2. The van der Waals surface area contributed by atoms with Crippen LogP contribution in [0, 0.1) is 0 Å². The van der Waals surface area contributed by atoms with Crippen molar-refractivity contribution in [2.75, 3.05) is 11.5 Å². The van der Waals surface area contributed by atoms with Crippen LogP contribution in [0.3, 0.4) is 0 Å². The van der Waals surface area contributed by atoms with E-state index in [1.165, 1.54) is 18.2 Å². The van der Waals surface area contributed by atoms with Gasteiger partial charge in [-0.2, -0.15) is 8.42 Å². The molecule has 0 amide bonds. The summed E-state index contributed by atoms with van der Waals surface area (Å²) in [5.41, 5.74) is 10.5. The predicted octanol–water partition coefficient (Wildman–Crippen LogP) is -0.0581. The van der Waals surface area contributed by atoms with Gasteiger partial charge in [0.1, 0.15) is 4.90 Å². The molecule has 70 valence electrons. The molecular weight excluding hydrogens is 220 g/mol. The van der Waals surface area contributed by atoms with Crippen molar-refractivity contribution in [1.29, 1.82) is 0 Å². The van der Waals surface area contributed by atoms with Gasteiger partial charge < -0.3 is 14.3 Å². The molecule has 0 heterocycles. The van der Waals surface area contributed by atoms with Crippen LogP contribution in [0.15, 0.2) is 23.1 Å². The first-order valence-corrected chi connectivity index (χ1v) is 4.48. The average Bonchev–Trinajstić information content (AvgIpc) is 1.82. The van der Waals surface area contributed by atoms with Crippen LogP contribution in [0.1, 0.15) is 2.85 Å². The second-order valence-corrected chi connectivity index (χ2v) is 3.60. The summed E-state index contributed by atoms with van der Waals surface area (Å²) in [7, 11) is -4.31. The predicted molar refractivity (Wildman–Crippen MR) is 53.1 cm³/mol. The Morgan fingerprint density at radius 2 is 1.62 bits per heavy atom. The molecule has 0 saturated carbocycles. The van der Waals surface area contributed by atoms with Gasteiger partial charge in [-0.15, -0.1) is 0 Å². The number of benzene rings is 1. The van der Waals surface area contributed by atoms with Crippen molar-refractivity contribution in [3.05, 3.63) is 18.2 Å². The Hall–Kier alpha value is -0.0103. The minimum Gasteiger partial charge on any atom is -1.00 e. The maximum Gasteiger partial charge on any atom is 2.00 e. The molecule has 1 rings (SSSR count). The molecule has 0 saturated heterocycles. The molecule has 0 aliphatic rings. The van der Waals surface area contributed by atoms with Gasteiger partial charge in [0.05, 0.1) is 11.4 Å². The minimum atomic E-state index is -4.31. The third-order valence-corrected chi connectivity index (χ3v) is 2.32. The maximum absolute atomic E-state index is 10.7. The Balaban J connectivity index is -0.000000480. The van der Waals surface area contributed by atoms with Crippen molar-refractivity contribution < 1.29 is 15.8 Å². The molecule has 5 nitrogen and oxygen atoms in total. The SMILES string of the molecule is Nc1cccc(N)c1S(=O)(=O)O.[Ca+2].[H-].[H-]. The Morgan fingerprint density at radius 3 is 1.85 bits per heavy atom. The second-order valence-electron chi connectivity index (χ2n) is 2.24. The van der Waals surface area contributed by atoms with Crippen molar-refractivity contribution in [1.82, 2.24) is 0 Å². The van der Waals surface area contributed by atoms with E-state index in [2.05, 4.69) is 0 Å². The zero-order valence-corrected chi connectivity index (χ0v) is 9.79. The fourth-order valence-electron chi connectivity index (χ4n) is 0.871. The van der Waals surface area contributed by atoms with Crippen LogP contribution < -0.4 is 11.5 Å². The first-order chi connectivity index (χ1) is 5.43. The van der Waals surface area contributed by atoms with Gasteiger partial charge in [-0.1, -0.05) is 6.07 Å². The van der Waals surface area contributed by atoms with Crippen LogP contribution in [0.4, 0.5) is 11.4 Å². The molecule has 0 aliphatic heterocycles. The maximum atomic E-state index is 10.7. The van der Waals surface area contributed by atoms with Gasteiger partial charge in [-0.05, 0) is 12.1 Å². The van der Waals surface area contributed by atoms with Gasteiger partial charge in [-0.25, -0.2) is 0 Å². The van der Waals surface area contributed by atoms with Crippen LogP contribution in [-0.2, 0) is 10.1 Å². The number of hydrogen-bond acceptors (Lipinski definition) is 4. The zero-order chi connectivity index (χ0) is 9.35. The third kappa shape index (κ3) is 2.99. The first-order valence-electron chi connectivity index (χ1n) is 3.04. The Morgan fingerprint density at radius 1 is 1.23 bits per heavy atom. The Labute approximate surface area is 109 Å². The molecule has 0 atom stereocenters. The van der Waals surface area contributed by atoms with Crippen molar-refractivity contribution in [2.45, 2.75) is 4.90 Å². The van der Waals surface area contributed by atoms with E-state index in [0.717, 1.165) is 0 Å². The van der Waals surface area contributed by atoms with Gasteiger partial charge >= 0.3 is 37.7 Å². The molecule has 0 fully saturated rings. The summed E-state index contributed by atoms with van der Waals surface area (Å²) >= 11 is 0. The summed E-state index contributed by atoms with van der Waals surface area (Å²) in [6.45, 7) is 0. The van der Waals surface area contributed by atoms with Gasteiger partial charge in [0.2, 0.25) is 0 Å². The number of nitrogen functional groups attached to an aromatic ring is 2. The summed E-state index contributed by atoms with van der Waals surface area (Å²) in [6.07, 6.45) is 0. The Kier molecular flexibility index (Phi) is 4.47. The van der Waals surface area contributed by atoms with Crippen molar-refractivity contribution in [3.8, 4) is 0 Å². The summed E-state index contributed by atoms with van der Waals surface area (Å²) in [5, 5.41) is 0. The molecule has 13 heavy (non-hydrogen) atoms. The molecule has 0 aromatic heterocycles. The molecule has 0 aliphatic carbocycles. The topological polar surface area (TPSA) is 106 Å². The molecule has 0 unspecified atom stereocenters. The number of nitrogens with two attached hydrogens (primary N) is 2. The van der Waals surface area contributed by atoms with Crippen LogP contribution in [0.2, 0.25) is 0 Å². The molecule has 0 bridgehead atoms. The first kappa shape index (κ1) is 13.0. The fourth-order valence-corrected chi connectivity index (χ4v) is 1.60. The van der Waals surface area contributed by atoms with E-state index >= 15 is 0 Å². The van der Waals surface area contributed by atoms with Crippen LogP contribution in [0.5, 0.6) is 0 Å². The van der Waals surface area contributed by atoms with Crippen molar-refractivity contribution in [3.63, 3.8) is 0 Å². The molecule has 1 aromatic carbocycles. The van der Waals surface area contributed by atoms with Gasteiger partial charge in [-0.3, -0.25) is 4.55 Å². The third-order valence-electron chi connectivity index (χ3n) is 1.33. The summed E-state index contributed by atoms with van der Waals surface area (Å²) in [6, 6.07) is 4.19. The molecule has 0 radical (unpaired) electrons. The van der Waals surface area contributed by atoms with E-state index in [-0.39, 0.29) is 52.0 Å². The fraction of sp³-hybridized carbons (Fsp3) is 0. The number of hydrogen-bond donors (Lipinski definition) is 3. The van der Waals surface area contributed by atoms with E-state index in [4.69, 9.17) is 16.0 Å². The quantitative estimate of drug-likeness (QED) is 0.356. The van der Waals surface area contributed by atoms with Crippen molar-refractivity contribution >= 4 is 59.2 Å². The normalized spacial score (nSPS) is 10.5. The zero-order valence-electron chi connectivity index (χ0n) is 8.77. The van der Waals surface area contributed by atoms with Crippen molar-refractivity contribution in [2.24, 2.45) is 0 Å². The van der Waals surface area contributed by atoms with E-state index < -0.39 is 15.0 Å². The molecule has 0 spiro atoms. The summed E-state index contributed by atoms with van der Waals surface area (Å²) in [5.74, 6) is 0. The largest absolute Gasteiger partial charge is 2.00 e. The van der Waals surface area contributed by atoms with Crippen LogP contribution >= 0.6 is 0 Å². The van der Waals surface area contributed by atoms with E-state index in [1.807, 2.05) is 0 Å². The molecule has 5 N–H and O–H groups in total. The van der Waals surface area contributed by atoms with Gasteiger partial charge in [0, 0.05) is 0 Å². The summed E-state index contributed by atoms with van der Waals surface area (Å²) < 4.78 is 30.0. The standard InChI is InChI=1S/C6H8N2O3S.Ca.2H/c7-4-2-1-3-5(8)6(4)12(9,10)11;;;/h1-3H,7-8H2,(H,9,10,11);;;/q;+2;2*-1. The average molecular weight is 230 g/mol. The molecular formula is C6H10CaN2O3S. The van der Waals surface area contributed by atoms with Crippen LogP contribution in [0.25, 0.3) is 0 Å². The number of rotatable bonds is 1. The van der Waals surface area contributed by atoms with E-state index in [9.17, 15) is 8.42 Å². The van der Waals surface area contributed by atoms with E-state index in [0.29, 0.717) is 0 Å². The van der Waals surface area contributed by atoms with Gasteiger partial charge in [0.25, 0.3) is 10.1 Å². The smallest absolute Gasteiger partial charge is 1.00 e. The minimum absolute atomic E-state index is 0. The van der Waals surface area contributed by atoms with Crippen LogP contribution in [-0.4, -0.2) is 50.7 Å². The van der Waals surface area contributed by atoms with E-state index in [1.54, 1.807) is 0 Å². The van der Waals surface area contributed by atoms with Gasteiger partial charge in [0.15, 0.2) is 0 Å². The molecule has 1 aromatic rings. The monoisotopic (exact) mass is 230 g/mol. The Bertz CT molecular complexity index is 393. The molecule has 7 heteroatoms. The second kappa shape index (κ2) is 4.47.